The van der Waals surface area contributed by atoms with Crippen molar-refractivity contribution in [3.05, 3.63) is 16.1 Å². The van der Waals surface area contributed by atoms with Crippen LogP contribution < -0.4 is 0 Å². The molecule has 5 heteroatoms. The Balaban J connectivity index is 2.54. The van der Waals surface area contributed by atoms with Gasteiger partial charge in [0, 0.05) is 18.9 Å². The van der Waals surface area contributed by atoms with Crippen molar-refractivity contribution in [3.63, 3.8) is 0 Å². The molecule has 14 heavy (non-hydrogen) atoms. The standard InChI is InChI=1S/C9H13NO3S/c1-3-13-9(11)7-6-14-8(10-7)4-5-12-2/h6H,3-5H2,1-2H3. The zero-order valence-corrected chi connectivity index (χ0v) is 9.10. The number of carbonyl (C=O) groups excluding carboxylic acids is 1. The molecule has 0 amide bonds. The summed E-state index contributed by atoms with van der Waals surface area (Å²) in [5.41, 5.74) is 0.392. The molecule has 78 valence electrons. The van der Waals surface area contributed by atoms with Crippen molar-refractivity contribution < 1.29 is 14.3 Å². The predicted molar refractivity (Wildman–Crippen MR) is 53.7 cm³/mol. The zero-order valence-electron chi connectivity index (χ0n) is 8.28. The number of hydrogen-bond acceptors (Lipinski definition) is 5. The molecular formula is C9H13NO3S. The highest BCUT2D eigenvalue weighted by Crippen LogP contribution is 2.11. The number of carbonyl (C=O) groups is 1. The molecule has 0 aromatic carbocycles. The third kappa shape index (κ3) is 3.08. The highest BCUT2D eigenvalue weighted by Gasteiger charge is 2.10. The van der Waals surface area contributed by atoms with Gasteiger partial charge in [-0.25, -0.2) is 9.78 Å². The van der Waals surface area contributed by atoms with Crippen LogP contribution in [0, 0.1) is 0 Å². The molecule has 0 saturated heterocycles. The first-order valence-corrected chi connectivity index (χ1v) is 5.26. The van der Waals surface area contributed by atoms with Gasteiger partial charge in [-0.05, 0) is 6.92 Å². The molecule has 0 radical (unpaired) electrons. The van der Waals surface area contributed by atoms with Gasteiger partial charge in [0.25, 0.3) is 0 Å². The number of esters is 1. The lowest BCUT2D eigenvalue weighted by molar-refractivity contribution is 0.0520. The third-order valence-electron chi connectivity index (χ3n) is 1.56. The van der Waals surface area contributed by atoms with Crippen LogP contribution in [0.15, 0.2) is 5.38 Å². The number of hydrogen-bond donors (Lipinski definition) is 0. The minimum atomic E-state index is -0.354. The maximum Gasteiger partial charge on any atom is 0.357 e. The van der Waals surface area contributed by atoms with E-state index < -0.39 is 0 Å². The monoisotopic (exact) mass is 215 g/mol. The molecule has 0 N–H and O–H groups in total. The minimum absolute atomic E-state index is 0.354. The Bertz CT molecular complexity index is 298. The second-order valence-electron chi connectivity index (χ2n) is 2.59. The van der Waals surface area contributed by atoms with Gasteiger partial charge in [-0.15, -0.1) is 11.3 Å². The van der Waals surface area contributed by atoms with E-state index in [0.717, 1.165) is 11.4 Å². The number of thiazole rings is 1. The van der Waals surface area contributed by atoms with E-state index >= 15 is 0 Å². The maximum absolute atomic E-state index is 11.2. The summed E-state index contributed by atoms with van der Waals surface area (Å²) in [6.45, 7) is 2.77. The van der Waals surface area contributed by atoms with Gasteiger partial charge in [0.05, 0.1) is 18.2 Å². The van der Waals surface area contributed by atoms with Gasteiger partial charge in [-0.2, -0.15) is 0 Å². The first-order valence-electron chi connectivity index (χ1n) is 4.38. The zero-order chi connectivity index (χ0) is 10.4. The SMILES string of the molecule is CCOC(=O)c1csc(CCOC)n1. The van der Waals surface area contributed by atoms with E-state index in [1.54, 1.807) is 19.4 Å². The van der Waals surface area contributed by atoms with Gasteiger partial charge in [-0.3, -0.25) is 0 Å². The normalized spacial score (nSPS) is 10.1. The molecule has 0 aliphatic carbocycles. The molecule has 0 aliphatic rings. The van der Waals surface area contributed by atoms with E-state index in [2.05, 4.69) is 4.98 Å². The summed E-state index contributed by atoms with van der Waals surface area (Å²) >= 11 is 1.45. The second-order valence-corrected chi connectivity index (χ2v) is 3.53. The molecule has 1 heterocycles. The van der Waals surface area contributed by atoms with Crippen molar-refractivity contribution in [1.82, 2.24) is 4.98 Å². The van der Waals surface area contributed by atoms with Crippen molar-refractivity contribution in [2.24, 2.45) is 0 Å². The minimum Gasteiger partial charge on any atom is -0.461 e. The van der Waals surface area contributed by atoms with E-state index in [1.165, 1.54) is 11.3 Å². The largest absolute Gasteiger partial charge is 0.461 e. The van der Waals surface area contributed by atoms with E-state index in [9.17, 15) is 4.79 Å². The molecule has 0 atom stereocenters. The molecule has 4 nitrogen and oxygen atoms in total. The summed E-state index contributed by atoms with van der Waals surface area (Å²) in [6.07, 6.45) is 0.737. The lowest BCUT2D eigenvalue weighted by Gasteiger charge is -1.96. The highest BCUT2D eigenvalue weighted by molar-refractivity contribution is 7.09. The van der Waals surface area contributed by atoms with Crippen LogP contribution in [-0.4, -0.2) is 31.3 Å². The summed E-state index contributed by atoms with van der Waals surface area (Å²) in [6, 6.07) is 0. The van der Waals surface area contributed by atoms with Crippen LogP contribution in [0.5, 0.6) is 0 Å². The average Bonchev–Trinajstić information content (AvgIpc) is 2.63. The molecule has 0 aliphatic heterocycles. The average molecular weight is 215 g/mol. The molecule has 0 unspecified atom stereocenters. The Labute approximate surface area is 86.9 Å². The Morgan fingerprint density at radius 3 is 3.07 bits per heavy atom. The van der Waals surface area contributed by atoms with E-state index in [1.807, 2.05) is 0 Å². The fourth-order valence-electron chi connectivity index (χ4n) is 0.914. The first-order chi connectivity index (χ1) is 6.77. The van der Waals surface area contributed by atoms with E-state index in [-0.39, 0.29) is 5.97 Å². The van der Waals surface area contributed by atoms with Gasteiger partial charge in [0.15, 0.2) is 5.69 Å². The molecule has 0 spiro atoms. The van der Waals surface area contributed by atoms with Crippen molar-refractivity contribution in [2.45, 2.75) is 13.3 Å². The van der Waals surface area contributed by atoms with Crippen molar-refractivity contribution >= 4 is 17.3 Å². The van der Waals surface area contributed by atoms with Crippen LogP contribution in [-0.2, 0) is 15.9 Å². The smallest absolute Gasteiger partial charge is 0.357 e. The summed E-state index contributed by atoms with van der Waals surface area (Å²) in [4.78, 5) is 15.4. The molecule has 0 saturated carbocycles. The van der Waals surface area contributed by atoms with Gasteiger partial charge < -0.3 is 9.47 Å². The Morgan fingerprint density at radius 2 is 2.43 bits per heavy atom. The molecule has 0 bridgehead atoms. The lowest BCUT2D eigenvalue weighted by Crippen LogP contribution is -2.05. The van der Waals surface area contributed by atoms with Crippen LogP contribution in [0.25, 0.3) is 0 Å². The number of methoxy groups -OCH3 is 1. The summed E-state index contributed by atoms with van der Waals surface area (Å²) in [7, 11) is 1.64. The highest BCUT2D eigenvalue weighted by atomic mass is 32.1. The Morgan fingerprint density at radius 1 is 1.64 bits per heavy atom. The van der Waals surface area contributed by atoms with Gasteiger partial charge in [-0.1, -0.05) is 0 Å². The number of nitrogens with zero attached hydrogens (tertiary/aromatic N) is 1. The van der Waals surface area contributed by atoms with E-state index in [0.29, 0.717) is 18.9 Å². The number of aromatic nitrogens is 1. The fraction of sp³-hybridized carbons (Fsp3) is 0.556. The second kappa shape index (κ2) is 5.72. The van der Waals surface area contributed by atoms with Crippen LogP contribution in [0.1, 0.15) is 22.4 Å². The molecule has 1 rings (SSSR count). The first kappa shape index (κ1) is 11.1. The fourth-order valence-corrected chi connectivity index (χ4v) is 1.66. The summed E-state index contributed by atoms with van der Waals surface area (Å²) < 4.78 is 9.73. The lowest BCUT2D eigenvalue weighted by atomic mass is 10.4. The van der Waals surface area contributed by atoms with E-state index in [4.69, 9.17) is 9.47 Å². The number of ether oxygens (including phenoxy) is 2. The molecular weight excluding hydrogens is 202 g/mol. The van der Waals surface area contributed by atoms with Crippen LogP contribution in [0.4, 0.5) is 0 Å². The maximum atomic E-state index is 11.2. The summed E-state index contributed by atoms with van der Waals surface area (Å²) in [5.74, 6) is -0.354. The quantitative estimate of drug-likeness (QED) is 0.698. The topological polar surface area (TPSA) is 48.4 Å². The molecule has 1 aromatic rings. The summed E-state index contributed by atoms with van der Waals surface area (Å²) in [5, 5.41) is 2.61. The van der Waals surface area contributed by atoms with Crippen LogP contribution in [0.2, 0.25) is 0 Å². The third-order valence-corrected chi connectivity index (χ3v) is 2.46. The van der Waals surface area contributed by atoms with Crippen molar-refractivity contribution in [2.75, 3.05) is 20.3 Å². The Kier molecular flexibility index (Phi) is 4.55. The van der Waals surface area contributed by atoms with Gasteiger partial charge in [0.1, 0.15) is 0 Å². The molecule has 0 fully saturated rings. The number of rotatable bonds is 5. The van der Waals surface area contributed by atoms with Crippen LogP contribution in [0.3, 0.4) is 0 Å². The van der Waals surface area contributed by atoms with Crippen LogP contribution >= 0.6 is 11.3 Å². The van der Waals surface area contributed by atoms with Gasteiger partial charge in [0.2, 0.25) is 0 Å². The van der Waals surface area contributed by atoms with Crippen molar-refractivity contribution in [3.8, 4) is 0 Å². The predicted octanol–water partition coefficient (Wildman–Crippen LogP) is 1.51. The molecule has 1 aromatic heterocycles. The van der Waals surface area contributed by atoms with Gasteiger partial charge >= 0.3 is 5.97 Å². The Hall–Kier alpha value is -0.940. The van der Waals surface area contributed by atoms with Crippen molar-refractivity contribution in [1.29, 1.82) is 0 Å².